The number of fused-ring (bicyclic) bond motifs is 3. The second kappa shape index (κ2) is 10.7. The van der Waals surface area contributed by atoms with Gasteiger partial charge in [0.05, 0.1) is 13.2 Å². The largest absolute Gasteiger partial charge is 0.479 e. The molecule has 0 radical (unpaired) electrons. The molecule has 170 valence electrons. The number of nitrogens with one attached hydrogen (secondary N) is 2. The number of ether oxygens (including phenoxy) is 3. The molecule has 0 bridgehead atoms. The fourth-order valence-electron chi connectivity index (χ4n) is 3.72. The minimum Gasteiger partial charge on any atom is -0.479 e. The highest BCUT2D eigenvalue weighted by Crippen LogP contribution is 2.44. The van der Waals surface area contributed by atoms with Crippen LogP contribution in [0.3, 0.4) is 0 Å². The molecule has 0 spiro atoms. The Morgan fingerprint density at radius 2 is 1.59 bits per heavy atom. The van der Waals surface area contributed by atoms with Crippen LogP contribution in [0.1, 0.15) is 17.0 Å². The fraction of sp³-hybridized carbons (Fsp3) is 0.348. The first-order chi connectivity index (χ1) is 15.5. The van der Waals surface area contributed by atoms with Gasteiger partial charge >= 0.3 is 12.1 Å². The molecule has 9 nitrogen and oxygen atoms in total. The third-order valence-corrected chi connectivity index (χ3v) is 5.31. The van der Waals surface area contributed by atoms with Crippen LogP contribution in [0.15, 0.2) is 48.5 Å². The number of benzene rings is 2. The lowest BCUT2D eigenvalue weighted by atomic mass is 9.98. The zero-order chi connectivity index (χ0) is 23.1. The van der Waals surface area contributed by atoms with E-state index >= 15 is 0 Å². The molecule has 2 atom stereocenters. The molecule has 1 aliphatic carbocycles. The lowest BCUT2D eigenvalue weighted by molar-refractivity contribution is -0.148. The Labute approximate surface area is 185 Å². The predicted octanol–water partition coefficient (Wildman–Crippen LogP) is 1.76. The molecule has 0 saturated heterocycles. The van der Waals surface area contributed by atoms with E-state index in [2.05, 4.69) is 10.6 Å². The van der Waals surface area contributed by atoms with Crippen molar-refractivity contribution >= 4 is 18.0 Å². The summed E-state index contributed by atoms with van der Waals surface area (Å²) >= 11 is 0. The number of hydrogen-bond donors (Lipinski definition) is 3. The summed E-state index contributed by atoms with van der Waals surface area (Å²) in [6.07, 6.45) is -1.97. The van der Waals surface area contributed by atoms with E-state index in [1.807, 2.05) is 48.5 Å². The van der Waals surface area contributed by atoms with Gasteiger partial charge in [-0.05, 0) is 22.3 Å². The summed E-state index contributed by atoms with van der Waals surface area (Å²) in [5.41, 5.74) is 4.37. The van der Waals surface area contributed by atoms with E-state index in [1.54, 1.807) is 0 Å². The third-order valence-electron chi connectivity index (χ3n) is 5.31. The first-order valence-corrected chi connectivity index (χ1v) is 10.1. The van der Waals surface area contributed by atoms with E-state index in [-0.39, 0.29) is 25.7 Å². The SMILES string of the molecule is COC[C@H](NC(=O)OCC1c2ccccc2-c2ccccc21)C(=O)NCC(OC)C(=O)O. The van der Waals surface area contributed by atoms with Crippen molar-refractivity contribution < 1.29 is 33.7 Å². The van der Waals surface area contributed by atoms with Gasteiger partial charge in [-0.3, -0.25) is 4.79 Å². The number of carboxylic acids is 1. The van der Waals surface area contributed by atoms with Crippen LogP contribution in [0.2, 0.25) is 0 Å². The van der Waals surface area contributed by atoms with E-state index in [1.165, 1.54) is 14.2 Å². The normalized spacial score (nSPS) is 14.1. The van der Waals surface area contributed by atoms with Crippen LogP contribution in [0.5, 0.6) is 0 Å². The van der Waals surface area contributed by atoms with Crippen LogP contribution in [0, 0.1) is 0 Å². The summed E-state index contributed by atoms with van der Waals surface area (Å²) in [4.78, 5) is 35.8. The minimum absolute atomic E-state index is 0.103. The van der Waals surface area contributed by atoms with Gasteiger partial charge in [0, 0.05) is 20.1 Å². The van der Waals surface area contributed by atoms with E-state index in [9.17, 15) is 14.4 Å². The summed E-state index contributed by atoms with van der Waals surface area (Å²) in [6, 6.07) is 14.9. The van der Waals surface area contributed by atoms with Gasteiger partial charge in [0.2, 0.25) is 5.91 Å². The number of aliphatic carboxylic acids is 1. The fourth-order valence-corrected chi connectivity index (χ4v) is 3.72. The van der Waals surface area contributed by atoms with Gasteiger partial charge in [0.15, 0.2) is 6.10 Å². The second-order valence-electron chi connectivity index (χ2n) is 7.29. The third kappa shape index (κ3) is 5.24. The molecule has 0 saturated carbocycles. The van der Waals surface area contributed by atoms with Gasteiger partial charge < -0.3 is 30.0 Å². The molecule has 1 aliphatic rings. The van der Waals surface area contributed by atoms with Crippen molar-refractivity contribution in [1.82, 2.24) is 10.6 Å². The topological polar surface area (TPSA) is 123 Å². The first kappa shape index (κ1) is 23.2. The van der Waals surface area contributed by atoms with Gasteiger partial charge in [-0.1, -0.05) is 48.5 Å². The molecule has 1 unspecified atom stereocenters. The quantitative estimate of drug-likeness (QED) is 0.512. The number of alkyl carbamates (subject to hydrolysis) is 1. The first-order valence-electron chi connectivity index (χ1n) is 10.1. The van der Waals surface area contributed by atoms with Crippen molar-refractivity contribution in [2.75, 3.05) is 34.0 Å². The average Bonchev–Trinajstić information content (AvgIpc) is 3.11. The van der Waals surface area contributed by atoms with E-state index in [0.29, 0.717) is 0 Å². The zero-order valence-corrected chi connectivity index (χ0v) is 17.9. The maximum Gasteiger partial charge on any atom is 0.407 e. The highest BCUT2D eigenvalue weighted by molar-refractivity contribution is 5.86. The highest BCUT2D eigenvalue weighted by Gasteiger charge is 2.30. The summed E-state index contributed by atoms with van der Waals surface area (Å²) in [6.45, 7) is -0.260. The lowest BCUT2D eigenvalue weighted by Crippen LogP contribution is -2.51. The smallest absolute Gasteiger partial charge is 0.407 e. The highest BCUT2D eigenvalue weighted by atomic mass is 16.5. The summed E-state index contributed by atoms with van der Waals surface area (Å²) < 4.78 is 15.2. The zero-order valence-electron chi connectivity index (χ0n) is 17.9. The van der Waals surface area contributed by atoms with Crippen molar-refractivity contribution in [2.45, 2.75) is 18.1 Å². The number of rotatable bonds is 10. The number of methoxy groups -OCH3 is 2. The van der Waals surface area contributed by atoms with Crippen LogP contribution in [0.4, 0.5) is 4.79 Å². The molecule has 2 amide bonds. The second-order valence-corrected chi connectivity index (χ2v) is 7.29. The maximum atomic E-state index is 12.4. The van der Waals surface area contributed by atoms with Gasteiger partial charge in [0.1, 0.15) is 12.6 Å². The van der Waals surface area contributed by atoms with E-state index in [0.717, 1.165) is 22.3 Å². The molecule has 0 aliphatic heterocycles. The summed E-state index contributed by atoms with van der Waals surface area (Å²) in [5.74, 6) is -1.93. The molecule has 9 heteroatoms. The number of amides is 2. The average molecular weight is 442 g/mol. The molecule has 2 aromatic carbocycles. The molecule has 32 heavy (non-hydrogen) atoms. The molecule has 2 aromatic rings. The Morgan fingerprint density at radius 3 is 2.12 bits per heavy atom. The molecular formula is C23H26N2O7. The van der Waals surface area contributed by atoms with Crippen LogP contribution >= 0.6 is 0 Å². The number of carboxylic acid groups (broad SMARTS) is 1. The molecular weight excluding hydrogens is 416 g/mol. The van der Waals surface area contributed by atoms with Crippen molar-refractivity contribution in [1.29, 1.82) is 0 Å². The van der Waals surface area contributed by atoms with Crippen molar-refractivity contribution in [3.63, 3.8) is 0 Å². The van der Waals surface area contributed by atoms with Crippen LogP contribution in [-0.2, 0) is 23.8 Å². The van der Waals surface area contributed by atoms with Crippen LogP contribution < -0.4 is 10.6 Å². The van der Waals surface area contributed by atoms with Crippen molar-refractivity contribution in [2.24, 2.45) is 0 Å². The Bertz CT molecular complexity index is 933. The molecule has 0 fully saturated rings. The molecule has 3 rings (SSSR count). The van der Waals surface area contributed by atoms with Crippen LogP contribution in [-0.4, -0.2) is 69.2 Å². The molecule has 0 aromatic heterocycles. The lowest BCUT2D eigenvalue weighted by Gasteiger charge is -2.20. The van der Waals surface area contributed by atoms with Gasteiger partial charge in [0.25, 0.3) is 0 Å². The standard InChI is InChI=1S/C23H26N2O7/c1-30-13-19(21(26)24-11-20(31-2)22(27)28)25-23(29)32-12-18-16-9-5-3-7-14(16)15-8-4-6-10-17(15)18/h3-10,18-20H,11-13H2,1-2H3,(H,24,26)(H,25,29)(H,27,28)/t19-,20?/m0/s1. The summed E-state index contributed by atoms with van der Waals surface area (Å²) in [5, 5.41) is 13.9. The van der Waals surface area contributed by atoms with Gasteiger partial charge in [-0.25, -0.2) is 9.59 Å². The Hall–Kier alpha value is -3.43. The summed E-state index contributed by atoms with van der Waals surface area (Å²) in [7, 11) is 2.61. The van der Waals surface area contributed by atoms with Gasteiger partial charge in [-0.2, -0.15) is 0 Å². The number of carbonyl (C=O) groups excluding carboxylic acids is 2. The van der Waals surface area contributed by atoms with Gasteiger partial charge in [-0.15, -0.1) is 0 Å². The molecule has 0 heterocycles. The number of hydrogen-bond acceptors (Lipinski definition) is 6. The van der Waals surface area contributed by atoms with E-state index in [4.69, 9.17) is 19.3 Å². The van der Waals surface area contributed by atoms with Crippen LogP contribution in [0.25, 0.3) is 11.1 Å². The number of carbonyl (C=O) groups is 3. The van der Waals surface area contributed by atoms with E-state index < -0.39 is 30.1 Å². The molecule has 3 N–H and O–H groups in total. The Kier molecular flexibility index (Phi) is 7.80. The Balaban J connectivity index is 1.60. The minimum atomic E-state index is -1.21. The Morgan fingerprint density at radius 1 is 1.00 bits per heavy atom. The van der Waals surface area contributed by atoms with Crippen molar-refractivity contribution in [3.8, 4) is 11.1 Å². The monoisotopic (exact) mass is 442 g/mol. The maximum absolute atomic E-state index is 12.4. The predicted molar refractivity (Wildman–Crippen MR) is 115 cm³/mol. The van der Waals surface area contributed by atoms with Crippen molar-refractivity contribution in [3.05, 3.63) is 59.7 Å².